The zero-order valence-electron chi connectivity index (χ0n) is 19.2. The molecule has 11 heteroatoms. The van der Waals surface area contributed by atoms with Crippen molar-refractivity contribution in [3.63, 3.8) is 0 Å². The molecular weight excluding hydrogens is 470 g/mol. The summed E-state index contributed by atoms with van der Waals surface area (Å²) in [4.78, 5) is 41.5. The Morgan fingerprint density at radius 1 is 1.11 bits per heavy atom. The number of nitrogens with one attached hydrogen (secondary N) is 2. The van der Waals surface area contributed by atoms with Gasteiger partial charge in [0.15, 0.2) is 5.69 Å². The molecule has 1 heterocycles. The second-order valence-corrected chi connectivity index (χ2v) is 10.3. The molecule has 1 aliphatic carbocycles. The van der Waals surface area contributed by atoms with E-state index in [2.05, 4.69) is 9.71 Å². The zero-order valence-corrected chi connectivity index (χ0v) is 20.0. The first-order valence-corrected chi connectivity index (χ1v) is 12.7. The van der Waals surface area contributed by atoms with Gasteiger partial charge in [0.1, 0.15) is 5.82 Å². The molecule has 0 radical (unpaired) electrons. The van der Waals surface area contributed by atoms with Crippen LogP contribution in [0.4, 0.5) is 11.5 Å². The van der Waals surface area contributed by atoms with Crippen molar-refractivity contribution in [3.05, 3.63) is 86.6 Å². The molecule has 0 spiro atoms. The van der Waals surface area contributed by atoms with E-state index in [-0.39, 0.29) is 34.6 Å². The first-order valence-electron chi connectivity index (χ1n) is 11.2. The number of sulfonamides is 1. The number of benzene rings is 2. The molecule has 1 aliphatic rings. The minimum atomic E-state index is -3.81. The minimum absolute atomic E-state index is 0.0421. The highest BCUT2D eigenvalue weighted by Crippen LogP contribution is 2.22. The van der Waals surface area contributed by atoms with Crippen LogP contribution in [-0.2, 0) is 16.6 Å². The standard InChI is InChI=1S/C24H27N5O5S/c1-28(20-21(25)29(24(32)26-22(20)30)15-16-8-3-2-4-9-16)23(31)17-10-7-13-19(14-17)35(33,34)27-18-11-5-6-12-18/h2-4,7-10,13-14,18,27H,5-6,11-12,15,25H2,1H3,(H,26,30,32). The molecule has 0 saturated heterocycles. The van der Waals surface area contributed by atoms with E-state index in [0.717, 1.165) is 36.1 Å². The number of aromatic nitrogens is 2. The number of nitrogen functional groups attached to an aromatic ring is 1. The summed E-state index contributed by atoms with van der Waals surface area (Å²) in [6, 6.07) is 14.5. The first kappa shape index (κ1) is 24.4. The van der Waals surface area contributed by atoms with Gasteiger partial charge in [-0.3, -0.25) is 19.1 Å². The van der Waals surface area contributed by atoms with Crippen LogP contribution in [0, 0.1) is 0 Å². The molecular formula is C24H27N5O5S. The molecule has 0 aliphatic heterocycles. The highest BCUT2D eigenvalue weighted by Gasteiger charge is 2.26. The van der Waals surface area contributed by atoms with Crippen molar-refractivity contribution < 1.29 is 13.2 Å². The smallest absolute Gasteiger partial charge is 0.330 e. The van der Waals surface area contributed by atoms with Gasteiger partial charge < -0.3 is 10.6 Å². The van der Waals surface area contributed by atoms with Crippen molar-refractivity contribution in [2.24, 2.45) is 0 Å². The van der Waals surface area contributed by atoms with Crippen molar-refractivity contribution in [2.45, 2.75) is 43.2 Å². The lowest BCUT2D eigenvalue weighted by atomic mass is 10.2. The van der Waals surface area contributed by atoms with Crippen LogP contribution in [0.15, 0.2) is 69.1 Å². The third-order valence-electron chi connectivity index (χ3n) is 6.11. The van der Waals surface area contributed by atoms with Gasteiger partial charge in [-0.05, 0) is 36.6 Å². The molecule has 184 valence electrons. The second kappa shape index (κ2) is 9.88. The van der Waals surface area contributed by atoms with Gasteiger partial charge in [-0.1, -0.05) is 49.2 Å². The summed E-state index contributed by atoms with van der Waals surface area (Å²) >= 11 is 0. The lowest BCUT2D eigenvalue weighted by molar-refractivity contribution is 0.0992. The molecule has 0 atom stereocenters. The van der Waals surface area contributed by atoms with E-state index in [1.165, 1.54) is 35.9 Å². The maximum Gasteiger partial charge on any atom is 0.330 e. The van der Waals surface area contributed by atoms with Gasteiger partial charge in [0.05, 0.1) is 11.4 Å². The third-order valence-corrected chi connectivity index (χ3v) is 7.62. The summed E-state index contributed by atoms with van der Waals surface area (Å²) < 4.78 is 29.5. The summed E-state index contributed by atoms with van der Waals surface area (Å²) in [6.07, 6.45) is 3.50. The fourth-order valence-electron chi connectivity index (χ4n) is 4.25. The number of carbonyl (C=O) groups is 1. The van der Waals surface area contributed by atoms with Gasteiger partial charge in [-0.25, -0.2) is 17.9 Å². The number of carbonyl (C=O) groups excluding carboxylic acids is 1. The lowest BCUT2D eigenvalue weighted by Gasteiger charge is -2.21. The van der Waals surface area contributed by atoms with Crippen molar-refractivity contribution >= 4 is 27.4 Å². The zero-order chi connectivity index (χ0) is 25.2. The highest BCUT2D eigenvalue weighted by molar-refractivity contribution is 7.89. The number of hydrogen-bond donors (Lipinski definition) is 3. The van der Waals surface area contributed by atoms with Gasteiger partial charge in [0.25, 0.3) is 11.5 Å². The van der Waals surface area contributed by atoms with Crippen molar-refractivity contribution in [3.8, 4) is 0 Å². The predicted molar refractivity (Wildman–Crippen MR) is 133 cm³/mol. The SMILES string of the molecule is CN(C(=O)c1cccc(S(=O)(=O)NC2CCCC2)c1)c1c(N)n(Cc2ccccc2)c(=O)[nH]c1=O. The summed E-state index contributed by atoms with van der Waals surface area (Å²) in [6.45, 7) is 0.0951. The molecule has 1 saturated carbocycles. The highest BCUT2D eigenvalue weighted by atomic mass is 32.2. The summed E-state index contributed by atoms with van der Waals surface area (Å²) in [5.74, 6) is -0.824. The number of amides is 1. The fourth-order valence-corrected chi connectivity index (χ4v) is 5.60. The number of nitrogens with zero attached hydrogens (tertiary/aromatic N) is 2. The summed E-state index contributed by atoms with van der Waals surface area (Å²) in [7, 11) is -2.47. The molecule has 10 nitrogen and oxygen atoms in total. The average Bonchev–Trinajstić information content (AvgIpc) is 3.34. The predicted octanol–water partition coefficient (Wildman–Crippen LogP) is 1.66. The van der Waals surface area contributed by atoms with Crippen LogP contribution in [-0.4, -0.2) is 37.0 Å². The van der Waals surface area contributed by atoms with Crippen LogP contribution in [0.2, 0.25) is 0 Å². The number of anilines is 2. The molecule has 1 amide bonds. The molecule has 0 unspecified atom stereocenters. The van der Waals surface area contributed by atoms with E-state index in [4.69, 9.17) is 5.73 Å². The molecule has 2 aromatic carbocycles. The maximum absolute atomic E-state index is 13.2. The van der Waals surface area contributed by atoms with Gasteiger partial charge in [-0.15, -0.1) is 0 Å². The largest absolute Gasteiger partial charge is 0.383 e. The lowest BCUT2D eigenvalue weighted by Crippen LogP contribution is -2.39. The van der Waals surface area contributed by atoms with Crippen molar-refractivity contribution in [2.75, 3.05) is 17.7 Å². The van der Waals surface area contributed by atoms with Gasteiger partial charge in [0.2, 0.25) is 10.0 Å². The molecule has 35 heavy (non-hydrogen) atoms. The second-order valence-electron chi connectivity index (χ2n) is 8.56. The van der Waals surface area contributed by atoms with Crippen LogP contribution in [0.3, 0.4) is 0 Å². The third kappa shape index (κ3) is 5.20. The van der Waals surface area contributed by atoms with Crippen LogP contribution in [0.25, 0.3) is 0 Å². The van der Waals surface area contributed by atoms with E-state index in [1.54, 1.807) is 24.3 Å². The van der Waals surface area contributed by atoms with E-state index in [9.17, 15) is 22.8 Å². The molecule has 3 aromatic rings. The molecule has 4 N–H and O–H groups in total. The quantitative estimate of drug-likeness (QED) is 0.452. The van der Waals surface area contributed by atoms with Gasteiger partial charge >= 0.3 is 5.69 Å². The summed E-state index contributed by atoms with van der Waals surface area (Å²) in [5.41, 5.74) is 5.29. The maximum atomic E-state index is 13.2. The Morgan fingerprint density at radius 3 is 2.49 bits per heavy atom. The van der Waals surface area contributed by atoms with Gasteiger partial charge in [-0.2, -0.15) is 0 Å². The van der Waals surface area contributed by atoms with E-state index >= 15 is 0 Å². The van der Waals surface area contributed by atoms with Crippen LogP contribution in [0.1, 0.15) is 41.6 Å². The monoisotopic (exact) mass is 497 g/mol. The molecule has 1 fully saturated rings. The van der Waals surface area contributed by atoms with Gasteiger partial charge in [0, 0.05) is 18.7 Å². The Bertz CT molecular complexity index is 1460. The number of rotatable bonds is 7. The molecule has 0 bridgehead atoms. The van der Waals surface area contributed by atoms with E-state index in [0.29, 0.717) is 0 Å². The Kier molecular flexibility index (Phi) is 6.90. The van der Waals surface area contributed by atoms with E-state index < -0.39 is 27.2 Å². The van der Waals surface area contributed by atoms with E-state index in [1.807, 2.05) is 6.07 Å². The molecule has 1 aromatic heterocycles. The number of aromatic amines is 1. The number of nitrogens with two attached hydrogens (primary N) is 1. The Hall–Kier alpha value is -3.70. The Morgan fingerprint density at radius 2 is 1.80 bits per heavy atom. The average molecular weight is 498 g/mol. The first-order chi connectivity index (χ1) is 16.7. The topological polar surface area (TPSA) is 147 Å². The number of hydrogen-bond acceptors (Lipinski definition) is 6. The van der Waals surface area contributed by atoms with Crippen LogP contribution < -0.4 is 26.6 Å². The van der Waals surface area contributed by atoms with Crippen LogP contribution >= 0.6 is 0 Å². The summed E-state index contributed by atoms with van der Waals surface area (Å²) in [5, 5.41) is 0. The minimum Gasteiger partial charge on any atom is -0.383 e. The molecule has 4 rings (SSSR count). The fraction of sp³-hybridized carbons (Fsp3) is 0.292. The van der Waals surface area contributed by atoms with Crippen LogP contribution in [0.5, 0.6) is 0 Å². The van der Waals surface area contributed by atoms with Crippen molar-refractivity contribution in [1.82, 2.24) is 14.3 Å². The Labute approximate surface area is 202 Å². The van der Waals surface area contributed by atoms with Crippen molar-refractivity contribution in [1.29, 1.82) is 0 Å². The normalized spacial score (nSPS) is 14.2. The Balaban J connectivity index is 1.65. The number of H-pyrrole nitrogens is 1.